The van der Waals surface area contributed by atoms with Crippen LogP contribution in [-0.4, -0.2) is 34.3 Å². The van der Waals surface area contributed by atoms with Crippen molar-refractivity contribution in [2.75, 3.05) is 0 Å². The van der Waals surface area contributed by atoms with Crippen molar-refractivity contribution < 1.29 is 0 Å². The van der Waals surface area contributed by atoms with Crippen molar-refractivity contribution >= 4 is 0 Å². The SMILES string of the molecule is O=c1ccn(CCc2nc(-c3ccccc3)nn2CCc2cnc[nH]2)c(=O)[nH]1. The van der Waals surface area contributed by atoms with Gasteiger partial charge in [-0.1, -0.05) is 30.3 Å². The molecule has 0 fully saturated rings. The first-order valence-electron chi connectivity index (χ1n) is 8.95. The molecule has 0 saturated carbocycles. The molecule has 0 spiro atoms. The maximum absolute atomic E-state index is 11.9. The van der Waals surface area contributed by atoms with Gasteiger partial charge in [-0.15, -0.1) is 0 Å². The number of hydrogen-bond acceptors (Lipinski definition) is 5. The summed E-state index contributed by atoms with van der Waals surface area (Å²) in [5.41, 5.74) is 1.11. The van der Waals surface area contributed by atoms with Crippen LogP contribution >= 0.6 is 0 Å². The summed E-state index contributed by atoms with van der Waals surface area (Å²) in [6, 6.07) is 11.1. The fourth-order valence-electron chi connectivity index (χ4n) is 2.94. The highest BCUT2D eigenvalue weighted by Crippen LogP contribution is 2.16. The third-order valence-electron chi connectivity index (χ3n) is 4.40. The quantitative estimate of drug-likeness (QED) is 0.499. The second kappa shape index (κ2) is 7.87. The van der Waals surface area contributed by atoms with Gasteiger partial charge in [0.15, 0.2) is 5.82 Å². The Labute approximate surface area is 159 Å². The third-order valence-corrected chi connectivity index (χ3v) is 4.40. The summed E-state index contributed by atoms with van der Waals surface area (Å²) in [6.45, 7) is 1.03. The molecule has 0 bridgehead atoms. The molecule has 1 aromatic carbocycles. The van der Waals surface area contributed by atoms with Crippen molar-refractivity contribution in [3.63, 3.8) is 0 Å². The van der Waals surface area contributed by atoms with Crippen LogP contribution in [0.1, 0.15) is 11.5 Å². The number of hydrogen-bond donors (Lipinski definition) is 2. The molecule has 28 heavy (non-hydrogen) atoms. The van der Waals surface area contributed by atoms with Crippen LogP contribution in [0.2, 0.25) is 0 Å². The number of rotatable bonds is 7. The summed E-state index contributed by atoms with van der Waals surface area (Å²) in [5.74, 6) is 1.42. The van der Waals surface area contributed by atoms with Crippen LogP contribution < -0.4 is 11.2 Å². The molecule has 142 valence electrons. The van der Waals surface area contributed by atoms with E-state index in [4.69, 9.17) is 0 Å². The topological polar surface area (TPSA) is 114 Å². The number of nitrogens with zero attached hydrogens (tertiary/aromatic N) is 5. The molecule has 0 atom stereocenters. The highest BCUT2D eigenvalue weighted by Gasteiger charge is 2.12. The van der Waals surface area contributed by atoms with E-state index < -0.39 is 11.2 Å². The van der Waals surface area contributed by atoms with Gasteiger partial charge in [0, 0.05) is 55.6 Å². The molecular formula is C19H19N7O2. The van der Waals surface area contributed by atoms with Gasteiger partial charge >= 0.3 is 5.69 Å². The molecule has 4 rings (SSSR count). The number of aromatic nitrogens is 7. The molecule has 3 heterocycles. The zero-order chi connectivity index (χ0) is 19.3. The first-order chi connectivity index (χ1) is 13.7. The van der Waals surface area contributed by atoms with E-state index >= 15 is 0 Å². The fraction of sp³-hybridized carbons (Fsp3) is 0.211. The minimum Gasteiger partial charge on any atom is -0.348 e. The largest absolute Gasteiger partial charge is 0.348 e. The van der Waals surface area contributed by atoms with Gasteiger partial charge in [-0.25, -0.2) is 19.4 Å². The highest BCUT2D eigenvalue weighted by atomic mass is 16.2. The monoisotopic (exact) mass is 377 g/mol. The van der Waals surface area contributed by atoms with E-state index in [1.54, 1.807) is 12.5 Å². The van der Waals surface area contributed by atoms with Gasteiger partial charge in [-0.3, -0.25) is 9.78 Å². The molecule has 9 nitrogen and oxygen atoms in total. The smallest absolute Gasteiger partial charge is 0.328 e. The van der Waals surface area contributed by atoms with Crippen molar-refractivity contribution in [1.29, 1.82) is 0 Å². The number of nitrogens with one attached hydrogen (secondary N) is 2. The van der Waals surface area contributed by atoms with Crippen LogP contribution in [-0.2, 0) is 25.9 Å². The maximum atomic E-state index is 11.9. The predicted octanol–water partition coefficient (Wildman–Crippen LogP) is 1.00. The number of benzene rings is 1. The van der Waals surface area contributed by atoms with E-state index in [1.807, 2.05) is 35.0 Å². The Balaban J connectivity index is 1.58. The normalized spacial score (nSPS) is 11.0. The number of H-pyrrole nitrogens is 2. The number of imidazole rings is 1. The first kappa shape index (κ1) is 17.7. The summed E-state index contributed by atoms with van der Waals surface area (Å²) in [7, 11) is 0. The summed E-state index contributed by atoms with van der Waals surface area (Å²) in [4.78, 5) is 37.2. The van der Waals surface area contributed by atoms with Gasteiger partial charge in [0.2, 0.25) is 0 Å². The van der Waals surface area contributed by atoms with Gasteiger partial charge < -0.3 is 9.55 Å². The minimum atomic E-state index is -0.431. The van der Waals surface area contributed by atoms with Crippen molar-refractivity contribution in [3.8, 4) is 11.4 Å². The van der Waals surface area contributed by atoms with Crippen LogP contribution in [0.3, 0.4) is 0 Å². The molecule has 0 amide bonds. The summed E-state index contributed by atoms with van der Waals surface area (Å²) in [6.07, 6.45) is 6.17. The van der Waals surface area contributed by atoms with E-state index in [0.29, 0.717) is 25.3 Å². The number of aromatic amines is 2. The molecule has 0 aliphatic rings. The molecule has 0 aliphatic heterocycles. The van der Waals surface area contributed by atoms with Gasteiger partial charge in [-0.2, -0.15) is 5.10 Å². The molecule has 3 aromatic heterocycles. The Hall–Kier alpha value is -3.75. The second-order valence-corrected chi connectivity index (χ2v) is 6.32. The van der Waals surface area contributed by atoms with Crippen molar-refractivity contribution in [3.05, 3.63) is 87.5 Å². The molecule has 9 heteroatoms. The molecule has 0 radical (unpaired) electrons. The minimum absolute atomic E-state index is 0.395. The highest BCUT2D eigenvalue weighted by molar-refractivity contribution is 5.54. The lowest BCUT2D eigenvalue weighted by Crippen LogP contribution is -2.29. The Bertz CT molecular complexity index is 1160. The molecule has 0 unspecified atom stereocenters. The summed E-state index contributed by atoms with van der Waals surface area (Å²) < 4.78 is 3.32. The lowest BCUT2D eigenvalue weighted by atomic mass is 10.2. The Kier molecular flexibility index (Phi) is 4.96. The Morgan fingerprint density at radius 2 is 1.86 bits per heavy atom. The molecule has 0 aliphatic carbocycles. The lowest BCUT2D eigenvalue weighted by molar-refractivity contribution is 0.546. The van der Waals surface area contributed by atoms with Gasteiger partial charge in [-0.05, 0) is 0 Å². The molecule has 2 N–H and O–H groups in total. The average Bonchev–Trinajstić information content (AvgIpc) is 3.36. The standard InChI is InChI=1S/C19H19N7O2/c27-17-8-10-25(19(28)23-17)9-7-16-22-18(14-4-2-1-3-5-14)24-26(16)11-6-15-12-20-13-21-15/h1-5,8,10,12-13H,6-7,9,11H2,(H,20,21)(H,23,27,28). The van der Waals surface area contributed by atoms with E-state index in [9.17, 15) is 9.59 Å². The zero-order valence-electron chi connectivity index (χ0n) is 15.1. The first-order valence-corrected chi connectivity index (χ1v) is 8.95. The summed E-state index contributed by atoms with van der Waals surface area (Å²) >= 11 is 0. The average molecular weight is 377 g/mol. The van der Waals surface area contributed by atoms with E-state index in [1.165, 1.54) is 16.8 Å². The predicted molar refractivity (Wildman–Crippen MR) is 103 cm³/mol. The van der Waals surface area contributed by atoms with Crippen LogP contribution in [0.25, 0.3) is 11.4 Å². The van der Waals surface area contributed by atoms with Crippen LogP contribution in [0.5, 0.6) is 0 Å². The van der Waals surface area contributed by atoms with E-state index in [-0.39, 0.29) is 0 Å². The Morgan fingerprint density at radius 1 is 1.00 bits per heavy atom. The summed E-state index contributed by atoms with van der Waals surface area (Å²) in [5, 5.41) is 4.65. The van der Waals surface area contributed by atoms with E-state index in [0.717, 1.165) is 23.5 Å². The third kappa shape index (κ3) is 3.98. The molecule has 4 aromatic rings. The second-order valence-electron chi connectivity index (χ2n) is 6.32. The lowest BCUT2D eigenvalue weighted by Gasteiger charge is -2.06. The van der Waals surface area contributed by atoms with Crippen molar-refractivity contribution in [2.45, 2.75) is 25.9 Å². The number of aryl methyl sites for hydroxylation is 4. The zero-order valence-corrected chi connectivity index (χ0v) is 15.1. The van der Waals surface area contributed by atoms with Gasteiger partial charge in [0.25, 0.3) is 5.56 Å². The Morgan fingerprint density at radius 3 is 2.61 bits per heavy atom. The van der Waals surface area contributed by atoms with Gasteiger partial charge in [0.05, 0.1) is 6.33 Å². The molecular weight excluding hydrogens is 358 g/mol. The van der Waals surface area contributed by atoms with Crippen molar-refractivity contribution in [2.24, 2.45) is 0 Å². The van der Waals surface area contributed by atoms with E-state index in [2.05, 4.69) is 25.0 Å². The maximum Gasteiger partial charge on any atom is 0.328 e. The van der Waals surface area contributed by atoms with Gasteiger partial charge in [0.1, 0.15) is 5.82 Å². The van der Waals surface area contributed by atoms with Crippen LogP contribution in [0.4, 0.5) is 0 Å². The van der Waals surface area contributed by atoms with Crippen LogP contribution in [0, 0.1) is 0 Å². The molecule has 0 saturated heterocycles. The van der Waals surface area contributed by atoms with Crippen LogP contribution in [0.15, 0.2) is 64.7 Å². The fourth-order valence-corrected chi connectivity index (χ4v) is 2.94. The van der Waals surface area contributed by atoms with Crippen molar-refractivity contribution in [1.82, 2.24) is 34.3 Å².